The van der Waals surface area contributed by atoms with Gasteiger partial charge in [-0.3, -0.25) is 0 Å². The molecule has 0 amide bonds. The van der Waals surface area contributed by atoms with Crippen molar-refractivity contribution in [3.05, 3.63) is 35.4 Å². The van der Waals surface area contributed by atoms with Gasteiger partial charge >= 0.3 is 0 Å². The summed E-state index contributed by atoms with van der Waals surface area (Å²) in [5.74, 6) is 0.736. The predicted molar refractivity (Wildman–Crippen MR) is 67.3 cm³/mol. The third kappa shape index (κ3) is 2.30. The molecule has 0 saturated heterocycles. The van der Waals surface area contributed by atoms with Crippen molar-refractivity contribution in [1.29, 1.82) is 0 Å². The lowest BCUT2D eigenvalue weighted by molar-refractivity contribution is 0.0261. The maximum atomic E-state index is 10.7. The zero-order valence-corrected chi connectivity index (χ0v) is 10.4. The van der Waals surface area contributed by atoms with E-state index in [4.69, 9.17) is 0 Å². The molecule has 1 unspecified atom stereocenters. The Morgan fingerprint density at radius 3 is 2.81 bits per heavy atom. The monoisotopic (exact) mass is 218 g/mol. The Bertz CT molecular complexity index is 356. The highest BCUT2D eigenvalue weighted by Gasteiger charge is 2.35. The molecule has 0 bridgehead atoms. The molecule has 16 heavy (non-hydrogen) atoms. The number of aliphatic hydroxyl groups is 1. The molecule has 1 aliphatic rings. The summed E-state index contributed by atoms with van der Waals surface area (Å²) in [7, 11) is 0. The van der Waals surface area contributed by atoms with Crippen LogP contribution in [0.25, 0.3) is 0 Å². The quantitative estimate of drug-likeness (QED) is 0.818. The first-order valence-electron chi connectivity index (χ1n) is 6.42. The van der Waals surface area contributed by atoms with Gasteiger partial charge in [0.25, 0.3) is 0 Å². The van der Waals surface area contributed by atoms with Gasteiger partial charge in [0.15, 0.2) is 0 Å². The molecular weight excluding hydrogens is 196 g/mol. The second kappa shape index (κ2) is 4.58. The molecule has 88 valence electrons. The molecular formula is C15H22O. The van der Waals surface area contributed by atoms with Gasteiger partial charge in [0.2, 0.25) is 0 Å². The molecule has 1 atom stereocenters. The third-order valence-electron chi connectivity index (χ3n) is 3.70. The molecule has 1 aromatic carbocycles. The second-order valence-corrected chi connectivity index (χ2v) is 5.47. The first-order valence-corrected chi connectivity index (χ1v) is 6.42. The molecule has 1 aliphatic carbocycles. The van der Waals surface area contributed by atoms with E-state index in [2.05, 4.69) is 32.0 Å². The molecule has 0 aromatic heterocycles. The summed E-state index contributed by atoms with van der Waals surface area (Å²) in [6.07, 6.45) is 5.20. The molecule has 0 radical (unpaired) electrons. The van der Waals surface area contributed by atoms with E-state index in [9.17, 15) is 5.11 Å². The zero-order chi connectivity index (χ0) is 11.6. The van der Waals surface area contributed by atoms with Crippen LogP contribution in [-0.2, 0) is 12.0 Å². The van der Waals surface area contributed by atoms with Gasteiger partial charge in [-0.05, 0) is 42.7 Å². The Morgan fingerprint density at radius 1 is 1.31 bits per heavy atom. The van der Waals surface area contributed by atoms with E-state index in [0.29, 0.717) is 0 Å². The standard InChI is InChI=1S/C15H22O/c1-12(2)6-5-10-15(16)11-9-13-7-3-4-8-14(13)15/h3-4,7-8,12,16H,5-6,9-11H2,1-2H3. The molecule has 0 fully saturated rings. The average Bonchev–Trinajstić information content (AvgIpc) is 2.57. The van der Waals surface area contributed by atoms with Crippen molar-refractivity contribution in [2.75, 3.05) is 0 Å². The first kappa shape index (κ1) is 11.7. The lowest BCUT2D eigenvalue weighted by Crippen LogP contribution is -2.22. The molecule has 0 aliphatic heterocycles. The van der Waals surface area contributed by atoms with Crippen molar-refractivity contribution in [1.82, 2.24) is 0 Å². The van der Waals surface area contributed by atoms with Crippen molar-refractivity contribution in [2.45, 2.75) is 51.6 Å². The summed E-state index contributed by atoms with van der Waals surface area (Å²) in [4.78, 5) is 0. The maximum absolute atomic E-state index is 10.7. The van der Waals surface area contributed by atoms with E-state index in [0.717, 1.165) is 31.6 Å². The highest BCUT2D eigenvalue weighted by Crippen LogP contribution is 2.40. The van der Waals surface area contributed by atoms with Crippen LogP contribution >= 0.6 is 0 Å². The van der Waals surface area contributed by atoms with Crippen molar-refractivity contribution < 1.29 is 5.11 Å². The van der Waals surface area contributed by atoms with E-state index in [1.54, 1.807) is 0 Å². The van der Waals surface area contributed by atoms with Gasteiger partial charge in [0.1, 0.15) is 0 Å². The van der Waals surface area contributed by atoms with E-state index < -0.39 is 5.60 Å². The van der Waals surface area contributed by atoms with Crippen LogP contribution in [0.1, 0.15) is 50.7 Å². The minimum atomic E-state index is -0.536. The molecule has 0 saturated carbocycles. The Balaban J connectivity index is 2.04. The molecule has 1 aromatic rings. The van der Waals surface area contributed by atoms with Gasteiger partial charge in [-0.2, -0.15) is 0 Å². The van der Waals surface area contributed by atoms with E-state index in [1.807, 2.05) is 6.07 Å². The maximum Gasteiger partial charge on any atom is 0.0902 e. The van der Waals surface area contributed by atoms with Crippen LogP contribution in [0.15, 0.2) is 24.3 Å². The summed E-state index contributed by atoms with van der Waals surface area (Å²) in [6.45, 7) is 4.49. The Morgan fingerprint density at radius 2 is 2.06 bits per heavy atom. The van der Waals surface area contributed by atoms with E-state index >= 15 is 0 Å². The van der Waals surface area contributed by atoms with E-state index in [1.165, 1.54) is 17.5 Å². The molecule has 2 rings (SSSR count). The fraction of sp³-hybridized carbons (Fsp3) is 0.600. The van der Waals surface area contributed by atoms with Crippen LogP contribution in [0, 0.1) is 5.92 Å². The van der Waals surface area contributed by atoms with Crippen molar-refractivity contribution in [3.63, 3.8) is 0 Å². The zero-order valence-electron chi connectivity index (χ0n) is 10.4. The lowest BCUT2D eigenvalue weighted by Gasteiger charge is -2.24. The largest absolute Gasteiger partial charge is 0.385 e. The molecule has 0 spiro atoms. The summed E-state index contributed by atoms with van der Waals surface area (Å²) >= 11 is 0. The van der Waals surface area contributed by atoms with Crippen molar-refractivity contribution >= 4 is 0 Å². The first-order chi connectivity index (χ1) is 7.62. The van der Waals surface area contributed by atoms with Gasteiger partial charge in [-0.25, -0.2) is 0 Å². The average molecular weight is 218 g/mol. The fourth-order valence-electron chi connectivity index (χ4n) is 2.73. The number of hydrogen-bond donors (Lipinski definition) is 1. The topological polar surface area (TPSA) is 20.2 Å². The minimum absolute atomic E-state index is 0.536. The number of benzene rings is 1. The number of aryl methyl sites for hydroxylation is 1. The number of rotatable bonds is 4. The highest BCUT2D eigenvalue weighted by atomic mass is 16.3. The van der Waals surface area contributed by atoms with Crippen LogP contribution in [0.5, 0.6) is 0 Å². The fourth-order valence-corrected chi connectivity index (χ4v) is 2.73. The summed E-state index contributed by atoms with van der Waals surface area (Å²) < 4.78 is 0. The summed E-state index contributed by atoms with van der Waals surface area (Å²) in [5.41, 5.74) is 1.99. The Kier molecular flexibility index (Phi) is 3.34. The molecule has 1 nitrogen and oxygen atoms in total. The SMILES string of the molecule is CC(C)CCCC1(O)CCc2ccccc21. The van der Waals surface area contributed by atoms with Crippen molar-refractivity contribution in [2.24, 2.45) is 5.92 Å². The van der Waals surface area contributed by atoms with Gasteiger partial charge in [-0.1, -0.05) is 44.5 Å². The Hall–Kier alpha value is -0.820. The summed E-state index contributed by atoms with van der Waals surface area (Å²) in [6, 6.07) is 8.35. The van der Waals surface area contributed by atoms with Crippen LogP contribution in [0.2, 0.25) is 0 Å². The summed E-state index contributed by atoms with van der Waals surface area (Å²) in [5, 5.41) is 10.7. The van der Waals surface area contributed by atoms with Gasteiger partial charge in [0.05, 0.1) is 5.60 Å². The van der Waals surface area contributed by atoms with Crippen LogP contribution in [0.4, 0.5) is 0 Å². The Labute approximate surface area is 98.5 Å². The number of hydrogen-bond acceptors (Lipinski definition) is 1. The molecule has 0 heterocycles. The van der Waals surface area contributed by atoms with Gasteiger partial charge in [0, 0.05) is 0 Å². The van der Waals surface area contributed by atoms with E-state index in [-0.39, 0.29) is 0 Å². The van der Waals surface area contributed by atoms with Crippen LogP contribution in [-0.4, -0.2) is 5.11 Å². The predicted octanol–water partition coefficient (Wildman–Crippen LogP) is 3.65. The van der Waals surface area contributed by atoms with Crippen LogP contribution < -0.4 is 0 Å². The molecule has 1 heteroatoms. The van der Waals surface area contributed by atoms with Gasteiger partial charge in [-0.15, -0.1) is 0 Å². The van der Waals surface area contributed by atoms with Crippen molar-refractivity contribution in [3.8, 4) is 0 Å². The minimum Gasteiger partial charge on any atom is -0.385 e. The van der Waals surface area contributed by atoms with Gasteiger partial charge < -0.3 is 5.11 Å². The second-order valence-electron chi connectivity index (χ2n) is 5.47. The molecule has 1 N–H and O–H groups in total. The highest BCUT2D eigenvalue weighted by molar-refractivity contribution is 5.36. The third-order valence-corrected chi connectivity index (χ3v) is 3.70. The smallest absolute Gasteiger partial charge is 0.0902 e. The normalized spacial score (nSPS) is 23.8. The van der Waals surface area contributed by atoms with Crippen LogP contribution in [0.3, 0.4) is 0 Å². The lowest BCUT2D eigenvalue weighted by atomic mass is 9.89. The number of fused-ring (bicyclic) bond motifs is 1.